The van der Waals surface area contributed by atoms with Crippen molar-refractivity contribution >= 4 is 66.7 Å². The van der Waals surface area contributed by atoms with E-state index in [2.05, 4.69) is 37.2 Å². The second kappa shape index (κ2) is 6.48. The fourth-order valence-electron chi connectivity index (χ4n) is 1.63. The molecule has 0 aliphatic heterocycles. The van der Waals surface area contributed by atoms with Crippen LogP contribution >= 0.6 is 55.1 Å². The highest BCUT2D eigenvalue weighted by atomic mass is 79.9. The third kappa shape index (κ3) is 3.37. The topological polar surface area (TPSA) is 29.1 Å². The molecule has 0 unspecified atom stereocenters. The van der Waals surface area contributed by atoms with Gasteiger partial charge in [-0.2, -0.15) is 0 Å². The predicted molar refractivity (Wildman–Crippen MR) is 91.0 cm³/mol. The molecule has 2 aromatic rings. The van der Waals surface area contributed by atoms with Gasteiger partial charge in [0.1, 0.15) is 0 Å². The van der Waals surface area contributed by atoms with Crippen LogP contribution in [0.2, 0.25) is 10.0 Å². The molecular weight excluding hydrogens is 429 g/mol. The van der Waals surface area contributed by atoms with Gasteiger partial charge in [-0.3, -0.25) is 4.79 Å². The number of amides is 1. The molecule has 1 amide bonds. The summed E-state index contributed by atoms with van der Waals surface area (Å²) in [6.07, 6.45) is 0. The molecule has 0 saturated heterocycles. The summed E-state index contributed by atoms with van der Waals surface area (Å²) in [5.41, 5.74) is 2.01. The van der Waals surface area contributed by atoms with Crippen LogP contribution in [0.1, 0.15) is 15.9 Å². The molecule has 0 heterocycles. The molecule has 0 aliphatic carbocycles. The Bertz CT molecular complexity index is 689. The highest BCUT2D eigenvalue weighted by Gasteiger charge is 2.14. The number of anilines is 1. The Morgan fingerprint density at radius 1 is 1.05 bits per heavy atom. The Morgan fingerprint density at radius 2 is 1.70 bits per heavy atom. The monoisotopic (exact) mass is 435 g/mol. The zero-order valence-corrected chi connectivity index (χ0v) is 15.0. The van der Waals surface area contributed by atoms with Gasteiger partial charge in [0.15, 0.2) is 0 Å². The number of carbonyl (C=O) groups is 1. The lowest BCUT2D eigenvalue weighted by atomic mass is 10.1. The highest BCUT2D eigenvalue weighted by molar-refractivity contribution is 9.10. The van der Waals surface area contributed by atoms with E-state index in [9.17, 15) is 4.79 Å². The van der Waals surface area contributed by atoms with E-state index >= 15 is 0 Å². The molecule has 2 nitrogen and oxygen atoms in total. The second-order valence-corrected chi connectivity index (χ2v) is 6.62. The van der Waals surface area contributed by atoms with Crippen molar-refractivity contribution in [2.75, 3.05) is 5.32 Å². The Kier molecular flexibility index (Phi) is 5.13. The van der Waals surface area contributed by atoms with E-state index in [1.165, 1.54) is 0 Å². The van der Waals surface area contributed by atoms with Gasteiger partial charge >= 0.3 is 0 Å². The normalized spacial score (nSPS) is 10.4. The highest BCUT2D eigenvalue weighted by Crippen LogP contribution is 2.36. The van der Waals surface area contributed by atoms with Crippen LogP contribution in [0.15, 0.2) is 39.3 Å². The van der Waals surface area contributed by atoms with Crippen LogP contribution in [0.3, 0.4) is 0 Å². The predicted octanol–water partition coefficient (Wildman–Crippen LogP) is 6.08. The molecular formula is C14H9Br2Cl2NO. The average Bonchev–Trinajstić information content (AvgIpc) is 2.42. The quantitative estimate of drug-likeness (QED) is 0.567. The van der Waals surface area contributed by atoms with Crippen molar-refractivity contribution in [2.45, 2.75) is 6.92 Å². The minimum atomic E-state index is -0.249. The molecule has 2 aromatic carbocycles. The summed E-state index contributed by atoms with van der Waals surface area (Å²) in [7, 11) is 0. The molecule has 6 heteroatoms. The number of aryl methyl sites for hydroxylation is 1. The molecule has 0 spiro atoms. The lowest BCUT2D eigenvalue weighted by Crippen LogP contribution is -2.13. The molecule has 104 valence electrons. The van der Waals surface area contributed by atoms with Crippen molar-refractivity contribution in [1.82, 2.24) is 0 Å². The summed E-state index contributed by atoms with van der Waals surface area (Å²) in [6, 6.07) is 8.98. The van der Waals surface area contributed by atoms with Crippen LogP contribution in [0.4, 0.5) is 5.69 Å². The molecule has 0 atom stereocenters. The fourth-order valence-corrected chi connectivity index (χ4v) is 2.87. The average molecular weight is 438 g/mol. The molecule has 0 radical (unpaired) electrons. The standard InChI is InChI=1S/C14H9Br2Cl2NO/c1-7-2-3-9(15)8(6-7)14(20)19-11-5-4-10(16)12(17)13(11)18/h2-6H,1H3,(H,19,20). The van der Waals surface area contributed by atoms with Gasteiger partial charge in [-0.15, -0.1) is 0 Å². The Balaban J connectivity index is 2.33. The van der Waals surface area contributed by atoms with Crippen molar-refractivity contribution < 1.29 is 4.79 Å². The minimum absolute atomic E-state index is 0.249. The third-order valence-electron chi connectivity index (χ3n) is 2.65. The second-order valence-electron chi connectivity index (χ2n) is 4.16. The van der Waals surface area contributed by atoms with E-state index in [1.54, 1.807) is 18.2 Å². The van der Waals surface area contributed by atoms with E-state index in [0.717, 1.165) is 10.0 Å². The van der Waals surface area contributed by atoms with Crippen molar-refractivity contribution in [3.8, 4) is 0 Å². The molecule has 2 rings (SSSR count). The van der Waals surface area contributed by atoms with E-state index in [1.807, 2.05) is 19.1 Å². The first-order valence-electron chi connectivity index (χ1n) is 5.61. The number of hydrogen-bond acceptors (Lipinski definition) is 1. The van der Waals surface area contributed by atoms with E-state index in [4.69, 9.17) is 23.2 Å². The van der Waals surface area contributed by atoms with Crippen molar-refractivity contribution in [3.05, 3.63) is 60.4 Å². The first-order chi connectivity index (χ1) is 9.40. The van der Waals surface area contributed by atoms with Gasteiger partial charge in [-0.05, 0) is 63.0 Å². The van der Waals surface area contributed by atoms with Crippen molar-refractivity contribution in [2.24, 2.45) is 0 Å². The Morgan fingerprint density at radius 3 is 2.40 bits per heavy atom. The van der Waals surface area contributed by atoms with Gasteiger partial charge in [0.25, 0.3) is 5.91 Å². The van der Waals surface area contributed by atoms with Crippen LogP contribution in [-0.2, 0) is 0 Å². The molecule has 0 bridgehead atoms. The van der Waals surface area contributed by atoms with Gasteiger partial charge in [0.2, 0.25) is 0 Å². The maximum absolute atomic E-state index is 12.3. The zero-order valence-electron chi connectivity index (χ0n) is 10.3. The molecule has 20 heavy (non-hydrogen) atoms. The number of halogens is 4. The van der Waals surface area contributed by atoms with Crippen LogP contribution in [0, 0.1) is 6.92 Å². The maximum Gasteiger partial charge on any atom is 0.256 e. The third-order valence-corrected chi connectivity index (χ3v) is 5.11. The summed E-state index contributed by atoms with van der Waals surface area (Å²) in [5, 5.41) is 3.43. The zero-order chi connectivity index (χ0) is 14.9. The lowest BCUT2D eigenvalue weighted by molar-refractivity contribution is 0.102. The van der Waals surface area contributed by atoms with Crippen LogP contribution < -0.4 is 5.32 Å². The molecule has 0 fully saturated rings. The number of carbonyl (C=O) groups excluding carboxylic acids is 1. The number of rotatable bonds is 2. The molecule has 0 aromatic heterocycles. The molecule has 0 saturated carbocycles. The van der Waals surface area contributed by atoms with E-state index < -0.39 is 0 Å². The number of benzene rings is 2. The fraction of sp³-hybridized carbons (Fsp3) is 0.0714. The van der Waals surface area contributed by atoms with E-state index in [0.29, 0.717) is 25.8 Å². The molecule has 1 N–H and O–H groups in total. The SMILES string of the molecule is Cc1ccc(Br)c(C(=O)Nc2ccc(Br)c(Cl)c2Cl)c1. The molecule has 0 aliphatic rings. The van der Waals surface area contributed by atoms with Crippen LogP contribution in [0.5, 0.6) is 0 Å². The summed E-state index contributed by atoms with van der Waals surface area (Å²) in [4.78, 5) is 12.3. The maximum atomic E-state index is 12.3. The number of nitrogens with one attached hydrogen (secondary N) is 1. The largest absolute Gasteiger partial charge is 0.321 e. The van der Waals surface area contributed by atoms with Gasteiger partial charge in [0.05, 0.1) is 21.3 Å². The van der Waals surface area contributed by atoms with Gasteiger partial charge in [0, 0.05) is 8.95 Å². The summed E-state index contributed by atoms with van der Waals surface area (Å²) in [6.45, 7) is 1.92. The summed E-state index contributed by atoms with van der Waals surface area (Å²) in [5.74, 6) is -0.249. The van der Waals surface area contributed by atoms with Gasteiger partial charge < -0.3 is 5.32 Å². The number of hydrogen-bond donors (Lipinski definition) is 1. The lowest BCUT2D eigenvalue weighted by Gasteiger charge is -2.11. The summed E-state index contributed by atoms with van der Waals surface area (Å²) >= 11 is 18.8. The Hall–Kier alpha value is -0.550. The van der Waals surface area contributed by atoms with Crippen LogP contribution in [0.25, 0.3) is 0 Å². The first-order valence-corrected chi connectivity index (χ1v) is 7.95. The minimum Gasteiger partial charge on any atom is -0.321 e. The van der Waals surface area contributed by atoms with Gasteiger partial charge in [-0.25, -0.2) is 0 Å². The summed E-state index contributed by atoms with van der Waals surface area (Å²) < 4.78 is 1.40. The van der Waals surface area contributed by atoms with Crippen LogP contribution in [-0.4, -0.2) is 5.91 Å². The first kappa shape index (κ1) is 15.8. The van der Waals surface area contributed by atoms with Crippen molar-refractivity contribution in [1.29, 1.82) is 0 Å². The van der Waals surface area contributed by atoms with Crippen molar-refractivity contribution in [3.63, 3.8) is 0 Å². The van der Waals surface area contributed by atoms with E-state index in [-0.39, 0.29) is 5.91 Å². The Labute approximate surface area is 143 Å². The van der Waals surface area contributed by atoms with Gasteiger partial charge in [-0.1, -0.05) is 34.8 Å². The smallest absolute Gasteiger partial charge is 0.256 e.